The van der Waals surface area contributed by atoms with Gasteiger partial charge in [0.2, 0.25) is 0 Å². The van der Waals surface area contributed by atoms with Crippen LogP contribution in [0.1, 0.15) is 21.7 Å². The first-order chi connectivity index (χ1) is 15.0. The highest BCUT2D eigenvalue weighted by Crippen LogP contribution is 2.16. The number of aliphatic imine (C=N–C) groups is 1. The average Bonchev–Trinajstić information content (AvgIpc) is 2.78. The monoisotopic (exact) mass is 411 g/mol. The first kappa shape index (κ1) is 19.8. The summed E-state index contributed by atoms with van der Waals surface area (Å²) < 4.78 is 1.18. The third kappa shape index (κ3) is 4.43. The van der Waals surface area contributed by atoms with E-state index in [4.69, 9.17) is 5.11 Å². The van der Waals surface area contributed by atoms with Gasteiger partial charge in [0, 0.05) is 6.21 Å². The summed E-state index contributed by atoms with van der Waals surface area (Å²) in [5, 5.41) is 17.6. The number of carboxylic acids is 1. The van der Waals surface area contributed by atoms with Crippen LogP contribution >= 0.6 is 0 Å². The van der Waals surface area contributed by atoms with Gasteiger partial charge in [-0.3, -0.25) is 9.79 Å². The van der Waals surface area contributed by atoms with Crippen LogP contribution in [-0.4, -0.2) is 27.0 Å². The van der Waals surface area contributed by atoms with E-state index < -0.39 is 5.97 Å². The number of carbonyl (C=O) groups is 1. The second kappa shape index (κ2) is 8.50. The lowest BCUT2D eigenvalue weighted by Crippen LogP contribution is -2.19. The predicted molar refractivity (Wildman–Crippen MR) is 118 cm³/mol. The molecule has 4 aromatic rings. The third-order valence-electron chi connectivity index (χ3n) is 4.54. The molecule has 0 atom stereocenters. The maximum atomic E-state index is 12.6. The predicted octanol–water partition coefficient (Wildman–Crippen LogP) is 4.70. The zero-order valence-corrected chi connectivity index (χ0v) is 16.5. The van der Waals surface area contributed by atoms with Crippen molar-refractivity contribution >= 4 is 34.5 Å². The average molecular weight is 411 g/mol. The Morgan fingerprint density at radius 1 is 0.968 bits per heavy atom. The number of hydrogen-bond acceptors (Lipinski definition) is 6. The van der Waals surface area contributed by atoms with Crippen LogP contribution in [-0.2, 0) is 0 Å². The molecular weight excluding hydrogens is 394 g/mol. The minimum absolute atomic E-state index is 0.213. The van der Waals surface area contributed by atoms with Crippen LogP contribution in [0.5, 0.6) is 0 Å². The lowest BCUT2D eigenvalue weighted by atomic mass is 10.2. The fraction of sp³-hybridized carbons (Fsp3) is 0.0435. The number of hydrogen-bond donors (Lipinski definition) is 1. The first-order valence-corrected chi connectivity index (χ1v) is 9.39. The van der Waals surface area contributed by atoms with E-state index >= 15 is 0 Å². The van der Waals surface area contributed by atoms with E-state index in [1.54, 1.807) is 55.6 Å². The zero-order valence-electron chi connectivity index (χ0n) is 16.5. The second-order valence-electron chi connectivity index (χ2n) is 6.68. The Balaban J connectivity index is 1.51. The maximum Gasteiger partial charge on any atom is 0.335 e. The Morgan fingerprint density at radius 2 is 1.65 bits per heavy atom. The summed E-state index contributed by atoms with van der Waals surface area (Å²) in [6, 6.07) is 20.5. The molecule has 0 saturated carbocycles. The van der Waals surface area contributed by atoms with Crippen molar-refractivity contribution in [3.63, 3.8) is 0 Å². The van der Waals surface area contributed by atoms with Gasteiger partial charge < -0.3 is 5.11 Å². The Hall–Kier alpha value is -4.46. The van der Waals surface area contributed by atoms with E-state index in [1.165, 1.54) is 16.8 Å². The summed E-state index contributed by atoms with van der Waals surface area (Å²) >= 11 is 0. The van der Waals surface area contributed by atoms with Crippen LogP contribution in [0.2, 0.25) is 0 Å². The van der Waals surface area contributed by atoms with Crippen LogP contribution in [0.25, 0.3) is 10.9 Å². The number of para-hydroxylation sites is 1. The van der Waals surface area contributed by atoms with Gasteiger partial charge in [-0.1, -0.05) is 29.5 Å². The van der Waals surface area contributed by atoms with E-state index in [1.807, 2.05) is 18.2 Å². The molecule has 0 aliphatic carbocycles. The van der Waals surface area contributed by atoms with E-state index in [-0.39, 0.29) is 11.1 Å². The molecule has 0 fully saturated rings. The van der Waals surface area contributed by atoms with Gasteiger partial charge in [-0.2, -0.15) is 4.68 Å². The number of benzene rings is 3. The van der Waals surface area contributed by atoms with Gasteiger partial charge in [0.1, 0.15) is 5.82 Å². The lowest BCUT2D eigenvalue weighted by Gasteiger charge is -2.04. The van der Waals surface area contributed by atoms with E-state index in [2.05, 4.69) is 20.3 Å². The Bertz CT molecular complexity index is 1370. The standard InChI is InChI=1S/C23H17N5O3/c1-15-25-21-5-3-2-4-20(21)22(29)28(15)27-26-19-10-6-16(7-11-19)14-24-18-12-8-17(9-13-18)23(30)31/h2-14H,1H3,(H,30,31). The molecule has 1 N–H and O–H groups in total. The van der Waals surface area contributed by atoms with Crippen molar-refractivity contribution in [1.82, 2.24) is 9.66 Å². The number of fused-ring (bicyclic) bond motifs is 1. The number of aromatic carboxylic acids is 1. The number of carboxylic acid groups (broad SMARTS) is 1. The number of aromatic nitrogens is 2. The molecule has 0 spiro atoms. The molecule has 1 heterocycles. The summed E-state index contributed by atoms with van der Waals surface area (Å²) in [5.74, 6) is -0.526. The van der Waals surface area contributed by atoms with E-state index in [0.29, 0.717) is 28.1 Å². The molecule has 0 bridgehead atoms. The molecule has 8 heteroatoms. The number of rotatable bonds is 5. The Morgan fingerprint density at radius 3 is 2.35 bits per heavy atom. The molecule has 8 nitrogen and oxygen atoms in total. The van der Waals surface area contributed by atoms with Crippen molar-refractivity contribution < 1.29 is 9.90 Å². The highest BCUT2D eigenvalue weighted by molar-refractivity contribution is 5.88. The van der Waals surface area contributed by atoms with Crippen LogP contribution < -0.4 is 5.56 Å². The summed E-state index contributed by atoms with van der Waals surface area (Å²) in [7, 11) is 0. The van der Waals surface area contributed by atoms with Gasteiger partial charge in [-0.25, -0.2) is 9.78 Å². The quantitative estimate of drug-likeness (QED) is 0.379. The minimum Gasteiger partial charge on any atom is -0.478 e. The minimum atomic E-state index is -0.975. The summed E-state index contributed by atoms with van der Waals surface area (Å²) in [6.45, 7) is 1.70. The zero-order chi connectivity index (χ0) is 21.8. The molecular formula is C23H17N5O3. The topological polar surface area (TPSA) is 109 Å². The Labute approximate surface area is 176 Å². The van der Waals surface area contributed by atoms with Gasteiger partial charge >= 0.3 is 5.97 Å². The fourth-order valence-corrected chi connectivity index (χ4v) is 2.90. The van der Waals surface area contributed by atoms with E-state index in [9.17, 15) is 9.59 Å². The summed E-state index contributed by atoms with van der Waals surface area (Å²) in [4.78, 5) is 32.2. The molecule has 3 aromatic carbocycles. The summed E-state index contributed by atoms with van der Waals surface area (Å²) in [6.07, 6.45) is 1.67. The van der Waals surface area contributed by atoms with E-state index in [0.717, 1.165) is 5.56 Å². The molecule has 152 valence electrons. The lowest BCUT2D eigenvalue weighted by molar-refractivity contribution is 0.0697. The highest BCUT2D eigenvalue weighted by atomic mass is 16.4. The van der Waals surface area contributed by atoms with Crippen molar-refractivity contribution in [1.29, 1.82) is 0 Å². The fourth-order valence-electron chi connectivity index (χ4n) is 2.90. The van der Waals surface area contributed by atoms with Crippen molar-refractivity contribution in [3.8, 4) is 0 Å². The number of aryl methyl sites for hydroxylation is 1. The molecule has 0 amide bonds. The second-order valence-corrected chi connectivity index (χ2v) is 6.68. The highest BCUT2D eigenvalue weighted by Gasteiger charge is 2.07. The SMILES string of the molecule is Cc1nc2ccccc2c(=O)n1N=Nc1ccc(C=Nc2ccc(C(=O)O)cc2)cc1. The molecule has 0 aliphatic heterocycles. The normalized spacial score (nSPS) is 11.5. The maximum absolute atomic E-state index is 12.6. The van der Waals surface area contributed by atoms with Gasteiger partial charge in [-0.05, 0) is 61.0 Å². The van der Waals surface area contributed by atoms with Gasteiger partial charge in [0.05, 0.1) is 27.8 Å². The van der Waals surface area contributed by atoms with Crippen LogP contribution in [0.3, 0.4) is 0 Å². The van der Waals surface area contributed by atoms with Crippen LogP contribution in [0.15, 0.2) is 92.9 Å². The van der Waals surface area contributed by atoms with Crippen molar-refractivity contribution in [3.05, 3.63) is 100 Å². The first-order valence-electron chi connectivity index (χ1n) is 9.39. The molecule has 4 rings (SSSR count). The van der Waals surface area contributed by atoms with Crippen molar-refractivity contribution in [2.45, 2.75) is 6.92 Å². The van der Waals surface area contributed by atoms with Crippen molar-refractivity contribution in [2.75, 3.05) is 0 Å². The van der Waals surface area contributed by atoms with Gasteiger partial charge in [0.25, 0.3) is 5.56 Å². The molecule has 31 heavy (non-hydrogen) atoms. The molecule has 1 aromatic heterocycles. The number of nitrogens with zero attached hydrogens (tertiary/aromatic N) is 5. The van der Waals surface area contributed by atoms with Crippen LogP contribution in [0.4, 0.5) is 11.4 Å². The van der Waals surface area contributed by atoms with Crippen LogP contribution in [0, 0.1) is 6.92 Å². The molecule has 0 aliphatic rings. The molecule has 0 saturated heterocycles. The van der Waals surface area contributed by atoms with Gasteiger partial charge in [-0.15, -0.1) is 5.11 Å². The third-order valence-corrected chi connectivity index (χ3v) is 4.54. The summed E-state index contributed by atoms with van der Waals surface area (Å²) in [5.41, 5.74) is 2.61. The molecule has 0 unspecified atom stereocenters. The van der Waals surface area contributed by atoms with Crippen molar-refractivity contribution in [2.24, 2.45) is 15.3 Å². The van der Waals surface area contributed by atoms with Gasteiger partial charge in [0.15, 0.2) is 0 Å². The Kier molecular flexibility index (Phi) is 5.44. The smallest absolute Gasteiger partial charge is 0.335 e. The largest absolute Gasteiger partial charge is 0.478 e. The molecule has 0 radical (unpaired) electrons.